The molecule has 0 aliphatic rings. The number of nitrogens with zero attached hydrogens (tertiary/aromatic N) is 3. The molecule has 0 amide bonds. The third-order valence-electron chi connectivity index (χ3n) is 2.57. The summed E-state index contributed by atoms with van der Waals surface area (Å²) in [5, 5.41) is 13.6. The summed E-state index contributed by atoms with van der Waals surface area (Å²) < 4.78 is 14.6. The van der Waals surface area contributed by atoms with Crippen LogP contribution >= 0.6 is 11.6 Å². The van der Waals surface area contributed by atoms with Crippen molar-refractivity contribution in [2.24, 2.45) is 0 Å². The molecular weight excluding hydrogens is 253 g/mol. The van der Waals surface area contributed by atoms with Crippen LogP contribution in [0.25, 0.3) is 5.69 Å². The van der Waals surface area contributed by atoms with Crippen molar-refractivity contribution >= 4 is 11.6 Å². The lowest BCUT2D eigenvalue weighted by atomic mass is 10.1. The molecular formula is C13H11ClFN3. The summed E-state index contributed by atoms with van der Waals surface area (Å²) >= 11 is 6.12. The highest BCUT2D eigenvalue weighted by molar-refractivity contribution is 6.31. The summed E-state index contributed by atoms with van der Waals surface area (Å²) in [4.78, 5) is 0. The quantitative estimate of drug-likeness (QED) is 0.830. The lowest BCUT2D eigenvalue weighted by Crippen LogP contribution is -1.98. The molecule has 18 heavy (non-hydrogen) atoms. The van der Waals surface area contributed by atoms with Crippen LogP contribution in [0, 0.1) is 17.1 Å². The molecule has 92 valence electrons. The maximum atomic E-state index is 13.2. The van der Waals surface area contributed by atoms with Gasteiger partial charge in [0.05, 0.1) is 11.4 Å². The van der Waals surface area contributed by atoms with Gasteiger partial charge in [-0.25, -0.2) is 9.07 Å². The molecule has 0 unspecified atom stereocenters. The van der Waals surface area contributed by atoms with Crippen molar-refractivity contribution in [2.75, 3.05) is 0 Å². The number of nitriles is 1. The van der Waals surface area contributed by atoms with E-state index in [-0.39, 0.29) is 16.9 Å². The van der Waals surface area contributed by atoms with Crippen molar-refractivity contribution in [3.8, 4) is 11.8 Å². The van der Waals surface area contributed by atoms with Gasteiger partial charge in [0, 0.05) is 0 Å². The highest BCUT2D eigenvalue weighted by Gasteiger charge is 2.19. The fraction of sp³-hybridized carbons (Fsp3) is 0.231. The first-order chi connectivity index (χ1) is 8.54. The highest BCUT2D eigenvalue weighted by atomic mass is 35.5. The number of aromatic nitrogens is 2. The van der Waals surface area contributed by atoms with E-state index in [1.165, 1.54) is 16.8 Å². The molecule has 2 aromatic rings. The van der Waals surface area contributed by atoms with Gasteiger partial charge in [0.2, 0.25) is 0 Å². The normalized spacial score (nSPS) is 10.7. The van der Waals surface area contributed by atoms with Gasteiger partial charge < -0.3 is 0 Å². The Morgan fingerprint density at radius 3 is 2.67 bits per heavy atom. The summed E-state index contributed by atoms with van der Waals surface area (Å²) in [6.07, 6.45) is 0. The predicted molar refractivity (Wildman–Crippen MR) is 67.3 cm³/mol. The molecule has 5 heteroatoms. The van der Waals surface area contributed by atoms with E-state index in [1.54, 1.807) is 12.1 Å². The van der Waals surface area contributed by atoms with Gasteiger partial charge in [0.15, 0.2) is 5.15 Å². The van der Waals surface area contributed by atoms with Crippen molar-refractivity contribution in [1.82, 2.24) is 9.78 Å². The predicted octanol–water partition coefficient (Wildman–Crippen LogP) is 3.66. The standard InChI is InChI=1S/C13H11ClFN3/c1-8(2)12-11(7-16)13(14)18(17-12)10-5-3-4-9(15)6-10/h3-6,8H,1-2H3. The van der Waals surface area contributed by atoms with Crippen molar-refractivity contribution in [2.45, 2.75) is 19.8 Å². The molecule has 1 aromatic carbocycles. The minimum absolute atomic E-state index is 0.0759. The second-order valence-electron chi connectivity index (χ2n) is 4.21. The average Bonchev–Trinajstić information content (AvgIpc) is 2.66. The van der Waals surface area contributed by atoms with Gasteiger partial charge in [-0.05, 0) is 24.1 Å². The third-order valence-corrected chi connectivity index (χ3v) is 2.92. The fourth-order valence-corrected chi connectivity index (χ4v) is 1.97. The Kier molecular flexibility index (Phi) is 3.35. The summed E-state index contributed by atoms with van der Waals surface area (Å²) in [7, 11) is 0. The van der Waals surface area contributed by atoms with Gasteiger partial charge in [0.1, 0.15) is 17.4 Å². The fourth-order valence-electron chi connectivity index (χ4n) is 1.70. The Balaban J connectivity index is 2.63. The number of benzene rings is 1. The van der Waals surface area contributed by atoms with Gasteiger partial charge in [-0.3, -0.25) is 0 Å². The second-order valence-corrected chi connectivity index (χ2v) is 4.57. The van der Waals surface area contributed by atoms with Crippen LogP contribution in [0.4, 0.5) is 4.39 Å². The smallest absolute Gasteiger partial charge is 0.150 e. The molecule has 0 bridgehead atoms. The van der Waals surface area contributed by atoms with E-state index in [9.17, 15) is 4.39 Å². The first-order valence-electron chi connectivity index (χ1n) is 5.49. The molecule has 1 aromatic heterocycles. The Hall–Kier alpha value is -1.86. The van der Waals surface area contributed by atoms with Crippen LogP contribution in [-0.2, 0) is 0 Å². The van der Waals surface area contributed by atoms with Crippen molar-refractivity contribution in [3.63, 3.8) is 0 Å². The zero-order valence-electron chi connectivity index (χ0n) is 9.98. The molecule has 0 saturated carbocycles. The maximum Gasteiger partial charge on any atom is 0.150 e. The van der Waals surface area contributed by atoms with Crippen LogP contribution in [0.1, 0.15) is 31.0 Å². The van der Waals surface area contributed by atoms with E-state index < -0.39 is 0 Å². The minimum Gasteiger partial charge on any atom is -0.220 e. The van der Waals surface area contributed by atoms with Crippen molar-refractivity contribution in [1.29, 1.82) is 5.26 Å². The molecule has 0 aliphatic carbocycles. The molecule has 0 spiro atoms. The van der Waals surface area contributed by atoms with Crippen molar-refractivity contribution < 1.29 is 4.39 Å². The van der Waals surface area contributed by atoms with Gasteiger partial charge in [-0.1, -0.05) is 31.5 Å². The zero-order chi connectivity index (χ0) is 13.3. The van der Waals surface area contributed by atoms with Crippen LogP contribution in [-0.4, -0.2) is 9.78 Å². The van der Waals surface area contributed by atoms with Crippen LogP contribution in [0.5, 0.6) is 0 Å². The molecule has 2 rings (SSSR count). The summed E-state index contributed by atoms with van der Waals surface area (Å²) in [6.45, 7) is 3.85. The molecule has 0 radical (unpaired) electrons. The first kappa shape index (κ1) is 12.6. The number of halogens is 2. The van der Waals surface area contributed by atoms with Gasteiger partial charge in [0.25, 0.3) is 0 Å². The van der Waals surface area contributed by atoms with E-state index in [4.69, 9.17) is 16.9 Å². The molecule has 0 N–H and O–H groups in total. The molecule has 0 aliphatic heterocycles. The summed E-state index contributed by atoms with van der Waals surface area (Å²) in [5.74, 6) is -0.296. The van der Waals surface area contributed by atoms with E-state index in [2.05, 4.69) is 5.10 Å². The molecule has 1 heterocycles. The molecule has 3 nitrogen and oxygen atoms in total. The van der Waals surface area contributed by atoms with Gasteiger partial charge >= 0.3 is 0 Å². The third kappa shape index (κ3) is 2.09. The number of rotatable bonds is 2. The summed E-state index contributed by atoms with van der Waals surface area (Å²) in [6, 6.07) is 7.97. The highest BCUT2D eigenvalue weighted by Crippen LogP contribution is 2.27. The van der Waals surface area contributed by atoms with Crippen LogP contribution < -0.4 is 0 Å². The van der Waals surface area contributed by atoms with E-state index in [1.807, 2.05) is 19.9 Å². The van der Waals surface area contributed by atoms with E-state index in [0.29, 0.717) is 16.9 Å². The SMILES string of the molecule is CC(C)c1nn(-c2cccc(F)c2)c(Cl)c1C#N. The van der Waals surface area contributed by atoms with Crippen LogP contribution in [0.15, 0.2) is 24.3 Å². The van der Waals surface area contributed by atoms with Crippen LogP contribution in [0.2, 0.25) is 5.15 Å². The average molecular weight is 264 g/mol. The maximum absolute atomic E-state index is 13.2. The largest absolute Gasteiger partial charge is 0.220 e. The molecule has 0 fully saturated rings. The molecule has 0 saturated heterocycles. The molecule has 0 atom stereocenters. The van der Waals surface area contributed by atoms with Crippen molar-refractivity contribution in [3.05, 3.63) is 46.5 Å². The monoisotopic (exact) mass is 263 g/mol. The van der Waals surface area contributed by atoms with Crippen LogP contribution in [0.3, 0.4) is 0 Å². The van der Waals surface area contributed by atoms with E-state index >= 15 is 0 Å². The topological polar surface area (TPSA) is 41.6 Å². The lowest BCUT2D eigenvalue weighted by Gasteiger charge is -2.02. The Morgan fingerprint density at radius 1 is 1.44 bits per heavy atom. The second kappa shape index (κ2) is 4.79. The lowest BCUT2D eigenvalue weighted by molar-refractivity contribution is 0.625. The van der Waals surface area contributed by atoms with E-state index in [0.717, 1.165) is 0 Å². The Morgan fingerprint density at radius 2 is 2.17 bits per heavy atom. The number of hydrogen-bond acceptors (Lipinski definition) is 2. The van der Waals surface area contributed by atoms with Gasteiger partial charge in [-0.15, -0.1) is 0 Å². The Labute approximate surface area is 109 Å². The zero-order valence-corrected chi connectivity index (χ0v) is 10.7. The minimum atomic E-state index is -0.372. The Bertz CT molecular complexity index is 626. The summed E-state index contributed by atoms with van der Waals surface area (Å²) in [5.41, 5.74) is 1.46. The van der Waals surface area contributed by atoms with Gasteiger partial charge in [-0.2, -0.15) is 10.4 Å². The number of hydrogen-bond donors (Lipinski definition) is 0. The first-order valence-corrected chi connectivity index (χ1v) is 5.87.